The number of anilines is 3. The van der Waals surface area contributed by atoms with Crippen molar-refractivity contribution in [2.24, 2.45) is 0 Å². The van der Waals surface area contributed by atoms with Crippen molar-refractivity contribution in [1.29, 1.82) is 0 Å². The van der Waals surface area contributed by atoms with Gasteiger partial charge in [0.1, 0.15) is 0 Å². The van der Waals surface area contributed by atoms with Gasteiger partial charge >= 0.3 is 0 Å². The molecule has 0 N–H and O–H groups in total. The molecule has 2 aromatic heterocycles. The Bertz CT molecular complexity index is 2660. The third-order valence-corrected chi connectivity index (χ3v) is 12.4. The minimum Gasteiger partial charge on any atom is -0.310 e. The molecule has 2 nitrogen and oxygen atoms in total. The minimum absolute atomic E-state index is 0.0639. The van der Waals surface area contributed by atoms with Gasteiger partial charge in [0.25, 0.3) is 0 Å². The van der Waals surface area contributed by atoms with Crippen molar-refractivity contribution < 1.29 is 0 Å². The van der Waals surface area contributed by atoms with Crippen LogP contribution in [-0.2, 0) is 5.41 Å². The standard InChI is InChI=1S/C48H38N2S/c1-4-14-34(15-5-1)48(30-12-3-13-31-48)35-22-24-37(25-23-35)49(39-27-29-43-42-19-9-11-21-46(42)51-47(43)33-39)38-26-28-41-40-18-8-10-20-44(40)50(45(41)32-38)36-16-6-2-7-17-36/h1-2,4-11,14-29,32-33H,3,12-13,30-31H2. The molecular weight excluding hydrogens is 637 g/mol. The number of benzene rings is 7. The summed E-state index contributed by atoms with van der Waals surface area (Å²) in [4.78, 5) is 2.45. The molecule has 10 rings (SSSR count). The number of rotatable bonds is 6. The van der Waals surface area contributed by atoms with E-state index in [-0.39, 0.29) is 5.41 Å². The van der Waals surface area contributed by atoms with Gasteiger partial charge < -0.3 is 9.47 Å². The van der Waals surface area contributed by atoms with E-state index in [4.69, 9.17) is 0 Å². The van der Waals surface area contributed by atoms with E-state index < -0.39 is 0 Å². The number of hydrogen-bond donors (Lipinski definition) is 0. The van der Waals surface area contributed by atoms with Crippen molar-refractivity contribution in [2.75, 3.05) is 4.90 Å². The van der Waals surface area contributed by atoms with Crippen LogP contribution in [0, 0.1) is 0 Å². The van der Waals surface area contributed by atoms with Gasteiger partial charge in [0, 0.05) is 59.1 Å². The number of thiophene rings is 1. The van der Waals surface area contributed by atoms with Crippen molar-refractivity contribution in [3.63, 3.8) is 0 Å². The van der Waals surface area contributed by atoms with Gasteiger partial charge in [0.2, 0.25) is 0 Å². The Balaban J connectivity index is 1.17. The average molecular weight is 675 g/mol. The summed E-state index contributed by atoms with van der Waals surface area (Å²) >= 11 is 1.88. The Morgan fingerprint density at radius 2 is 1.00 bits per heavy atom. The van der Waals surface area contributed by atoms with Crippen LogP contribution in [0.15, 0.2) is 170 Å². The van der Waals surface area contributed by atoms with Crippen LogP contribution in [0.25, 0.3) is 47.7 Å². The lowest BCUT2D eigenvalue weighted by molar-refractivity contribution is 0.346. The molecule has 0 aliphatic heterocycles. The molecule has 9 aromatic rings. The van der Waals surface area contributed by atoms with Crippen LogP contribution in [-0.4, -0.2) is 4.57 Å². The maximum Gasteiger partial charge on any atom is 0.0561 e. The van der Waals surface area contributed by atoms with Crippen molar-refractivity contribution in [3.8, 4) is 5.69 Å². The van der Waals surface area contributed by atoms with Crippen LogP contribution < -0.4 is 4.90 Å². The fourth-order valence-electron chi connectivity index (χ4n) is 8.84. The van der Waals surface area contributed by atoms with Crippen LogP contribution in [0.4, 0.5) is 17.1 Å². The first-order chi connectivity index (χ1) is 25.3. The van der Waals surface area contributed by atoms with E-state index in [1.807, 2.05) is 11.3 Å². The SMILES string of the molecule is c1ccc(-n2c3ccccc3c3ccc(N(c4ccc(C5(c6ccccc6)CCCCC5)cc4)c4ccc5c(c4)sc4ccccc45)cc32)cc1. The summed E-state index contributed by atoms with van der Waals surface area (Å²) in [6, 6.07) is 63.1. The molecule has 1 fully saturated rings. The Kier molecular flexibility index (Phi) is 7.28. The molecule has 3 heteroatoms. The lowest BCUT2D eigenvalue weighted by Crippen LogP contribution is -2.30. The van der Waals surface area contributed by atoms with Gasteiger partial charge in [-0.2, -0.15) is 0 Å². The average Bonchev–Trinajstić information content (AvgIpc) is 3.74. The van der Waals surface area contributed by atoms with Crippen LogP contribution >= 0.6 is 11.3 Å². The van der Waals surface area contributed by atoms with Crippen molar-refractivity contribution in [1.82, 2.24) is 4.57 Å². The van der Waals surface area contributed by atoms with E-state index in [1.54, 1.807) is 0 Å². The Morgan fingerprint density at radius 3 is 1.78 bits per heavy atom. The molecular formula is C48H38N2S. The lowest BCUT2D eigenvalue weighted by Gasteiger charge is -2.39. The van der Waals surface area contributed by atoms with E-state index in [2.05, 4.69) is 179 Å². The van der Waals surface area contributed by atoms with Gasteiger partial charge in [-0.05, 0) is 84.6 Å². The molecule has 0 saturated heterocycles. The van der Waals surface area contributed by atoms with Crippen LogP contribution in [0.2, 0.25) is 0 Å². The van der Waals surface area contributed by atoms with Gasteiger partial charge in [-0.3, -0.25) is 0 Å². The summed E-state index contributed by atoms with van der Waals surface area (Å²) in [5.41, 5.74) is 10.0. The third-order valence-electron chi connectivity index (χ3n) is 11.3. The van der Waals surface area contributed by atoms with E-state index in [9.17, 15) is 0 Å². The monoisotopic (exact) mass is 674 g/mol. The predicted molar refractivity (Wildman–Crippen MR) is 219 cm³/mol. The van der Waals surface area contributed by atoms with E-state index in [0.29, 0.717) is 0 Å². The van der Waals surface area contributed by atoms with E-state index >= 15 is 0 Å². The van der Waals surface area contributed by atoms with E-state index in [1.165, 1.54) is 102 Å². The minimum atomic E-state index is 0.0639. The molecule has 246 valence electrons. The van der Waals surface area contributed by atoms with Crippen molar-refractivity contribution >= 4 is 70.4 Å². The van der Waals surface area contributed by atoms with Crippen molar-refractivity contribution in [3.05, 3.63) is 181 Å². The van der Waals surface area contributed by atoms with Crippen LogP contribution in [0.1, 0.15) is 43.2 Å². The molecule has 1 aliphatic carbocycles. The highest BCUT2D eigenvalue weighted by Crippen LogP contribution is 2.47. The predicted octanol–water partition coefficient (Wildman–Crippen LogP) is 13.9. The summed E-state index contributed by atoms with van der Waals surface area (Å²) in [5, 5.41) is 5.17. The quantitative estimate of drug-likeness (QED) is 0.170. The summed E-state index contributed by atoms with van der Waals surface area (Å²) in [6.07, 6.45) is 6.26. The number of aromatic nitrogens is 1. The summed E-state index contributed by atoms with van der Waals surface area (Å²) in [7, 11) is 0. The van der Waals surface area contributed by atoms with Crippen LogP contribution in [0.5, 0.6) is 0 Å². The maximum atomic E-state index is 2.45. The Hall–Kier alpha value is -5.64. The molecule has 0 spiro atoms. The number of fused-ring (bicyclic) bond motifs is 6. The number of hydrogen-bond acceptors (Lipinski definition) is 2. The van der Waals surface area contributed by atoms with Crippen LogP contribution in [0.3, 0.4) is 0 Å². The fourth-order valence-corrected chi connectivity index (χ4v) is 9.98. The lowest BCUT2D eigenvalue weighted by atomic mass is 9.65. The first kappa shape index (κ1) is 30.2. The Morgan fingerprint density at radius 1 is 0.431 bits per heavy atom. The number of para-hydroxylation sites is 2. The second-order valence-electron chi connectivity index (χ2n) is 14.1. The molecule has 2 heterocycles. The zero-order valence-corrected chi connectivity index (χ0v) is 29.3. The topological polar surface area (TPSA) is 8.17 Å². The molecule has 0 amide bonds. The largest absolute Gasteiger partial charge is 0.310 e. The van der Waals surface area contributed by atoms with Gasteiger partial charge in [-0.15, -0.1) is 11.3 Å². The second kappa shape index (κ2) is 12.3. The Labute approximate surface area is 302 Å². The highest BCUT2D eigenvalue weighted by molar-refractivity contribution is 7.25. The first-order valence-corrected chi connectivity index (χ1v) is 19.0. The van der Waals surface area contributed by atoms with Gasteiger partial charge in [-0.25, -0.2) is 0 Å². The fraction of sp³-hybridized carbons (Fsp3) is 0.125. The summed E-state index contributed by atoms with van der Waals surface area (Å²) < 4.78 is 5.05. The summed E-state index contributed by atoms with van der Waals surface area (Å²) in [6.45, 7) is 0. The zero-order chi connectivity index (χ0) is 33.8. The zero-order valence-electron chi connectivity index (χ0n) is 28.5. The normalized spacial score (nSPS) is 14.4. The highest BCUT2D eigenvalue weighted by Gasteiger charge is 2.35. The third kappa shape index (κ3) is 4.99. The molecule has 1 aliphatic rings. The highest BCUT2D eigenvalue weighted by atomic mass is 32.1. The van der Waals surface area contributed by atoms with Gasteiger partial charge in [-0.1, -0.05) is 128 Å². The first-order valence-electron chi connectivity index (χ1n) is 18.2. The van der Waals surface area contributed by atoms with Gasteiger partial charge in [0.15, 0.2) is 0 Å². The maximum absolute atomic E-state index is 2.45. The molecule has 0 unspecified atom stereocenters. The van der Waals surface area contributed by atoms with E-state index in [0.717, 1.165) is 5.69 Å². The smallest absolute Gasteiger partial charge is 0.0561 e. The molecule has 0 bridgehead atoms. The molecule has 51 heavy (non-hydrogen) atoms. The van der Waals surface area contributed by atoms with Gasteiger partial charge in [0.05, 0.1) is 11.0 Å². The molecule has 0 radical (unpaired) electrons. The van der Waals surface area contributed by atoms with Crippen molar-refractivity contribution in [2.45, 2.75) is 37.5 Å². The molecule has 0 atom stereocenters. The molecule has 7 aromatic carbocycles. The summed E-state index contributed by atoms with van der Waals surface area (Å²) in [5.74, 6) is 0. The molecule has 1 saturated carbocycles. The second-order valence-corrected chi connectivity index (χ2v) is 15.1. The number of nitrogens with zero attached hydrogens (tertiary/aromatic N) is 2.